The number of hydrogen-bond donors (Lipinski definition) is 0. The van der Waals surface area contributed by atoms with Crippen LogP contribution in [0.5, 0.6) is 5.75 Å². The van der Waals surface area contributed by atoms with Crippen LogP contribution in [0.1, 0.15) is 18.4 Å². The zero-order valence-corrected chi connectivity index (χ0v) is 8.98. The molecule has 0 aromatic heterocycles. The van der Waals surface area contributed by atoms with E-state index in [9.17, 15) is 0 Å². The number of rotatable bonds is 4. The molecule has 0 amide bonds. The summed E-state index contributed by atoms with van der Waals surface area (Å²) in [5.41, 5.74) is 0.780. The van der Waals surface area contributed by atoms with Crippen molar-refractivity contribution in [2.75, 3.05) is 26.2 Å². The number of hydrogen-bond acceptors (Lipinski definition) is 2. The van der Waals surface area contributed by atoms with Gasteiger partial charge in [-0.15, -0.1) is 0 Å². The minimum atomic E-state index is 0.768. The van der Waals surface area contributed by atoms with Crippen molar-refractivity contribution in [2.24, 2.45) is 0 Å². The van der Waals surface area contributed by atoms with Crippen LogP contribution in [-0.4, -0.2) is 31.1 Å². The van der Waals surface area contributed by atoms with Gasteiger partial charge in [0.15, 0.2) is 0 Å². The van der Waals surface area contributed by atoms with Gasteiger partial charge in [-0.05, 0) is 50.6 Å². The van der Waals surface area contributed by atoms with Gasteiger partial charge in [-0.3, -0.25) is 4.90 Å². The minimum Gasteiger partial charge on any atom is -0.492 e. The Labute approximate surface area is 91.9 Å². The molecule has 2 heteroatoms. The number of ether oxygens (including phenoxy) is 1. The van der Waals surface area contributed by atoms with Crippen LogP contribution < -0.4 is 4.74 Å². The summed E-state index contributed by atoms with van der Waals surface area (Å²) in [4.78, 5) is 2.44. The molecule has 0 unspecified atom stereocenters. The summed E-state index contributed by atoms with van der Waals surface area (Å²) in [5, 5.41) is 0. The predicted octanol–water partition coefficient (Wildman–Crippen LogP) is 2.22. The highest BCUT2D eigenvalue weighted by Gasteiger charge is 2.10. The number of benzene rings is 1. The van der Waals surface area contributed by atoms with E-state index in [0.717, 1.165) is 24.5 Å². The van der Waals surface area contributed by atoms with Crippen molar-refractivity contribution in [3.63, 3.8) is 0 Å². The van der Waals surface area contributed by atoms with E-state index >= 15 is 0 Å². The topological polar surface area (TPSA) is 12.5 Å². The molecule has 1 aromatic carbocycles. The van der Waals surface area contributed by atoms with Gasteiger partial charge >= 0.3 is 0 Å². The summed E-state index contributed by atoms with van der Waals surface area (Å²) < 4.78 is 5.63. The molecule has 2 rings (SSSR count). The molecule has 2 radical (unpaired) electrons. The first-order chi connectivity index (χ1) is 7.34. The fraction of sp³-hybridized carbons (Fsp3) is 0.462. The van der Waals surface area contributed by atoms with Crippen LogP contribution in [-0.2, 0) is 0 Å². The molecule has 1 saturated heterocycles. The molecular weight excluding hydrogens is 186 g/mol. The summed E-state index contributed by atoms with van der Waals surface area (Å²) in [6, 6.07) is 7.56. The Hall–Kier alpha value is -1.02. The Kier molecular flexibility index (Phi) is 3.62. The van der Waals surface area contributed by atoms with Gasteiger partial charge in [-0.2, -0.15) is 0 Å². The molecule has 0 saturated carbocycles. The van der Waals surface area contributed by atoms with Gasteiger partial charge in [0.1, 0.15) is 12.4 Å². The highest BCUT2D eigenvalue weighted by Crippen LogP contribution is 2.12. The van der Waals surface area contributed by atoms with Gasteiger partial charge in [0.2, 0.25) is 0 Å². The third kappa shape index (κ3) is 3.24. The summed E-state index contributed by atoms with van der Waals surface area (Å²) in [6.45, 7) is 9.85. The highest BCUT2D eigenvalue weighted by molar-refractivity contribution is 5.28. The summed E-state index contributed by atoms with van der Waals surface area (Å²) in [7, 11) is 0. The molecule has 15 heavy (non-hydrogen) atoms. The molecular formula is C13H17NO. The van der Waals surface area contributed by atoms with Crippen molar-refractivity contribution < 1.29 is 4.74 Å². The Bertz CT molecular complexity index is 288. The van der Waals surface area contributed by atoms with Gasteiger partial charge in [-0.25, -0.2) is 0 Å². The van der Waals surface area contributed by atoms with Crippen molar-refractivity contribution >= 4 is 0 Å². The third-order valence-corrected chi connectivity index (χ3v) is 2.76. The van der Waals surface area contributed by atoms with Gasteiger partial charge in [0.25, 0.3) is 0 Å². The van der Waals surface area contributed by atoms with E-state index in [1.807, 2.05) is 24.3 Å². The Morgan fingerprint density at radius 3 is 2.47 bits per heavy atom. The fourth-order valence-electron chi connectivity index (χ4n) is 1.86. The molecule has 0 N–H and O–H groups in total. The second kappa shape index (κ2) is 5.17. The summed E-state index contributed by atoms with van der Waals surface area (Å²) in [5.74, 6) is 0.906. The van der Waals surface area contributed by atoms with Crippen LogP contribution >= 0.6 is 0 Å². The number of likely N-dealkylation sites (tertiary alicyclic amines) is 1. The molecule has 0 atom stereocenters. The van der Waals surface area contributed by atoms with E-state index in [4.69, 9.17) is 11.7 Å². The maximum atomic E-state index is 5.63. The average Bonchev–Trinajstić information content (AvgIpc) is 2.74. The second-order valence-electron chi connectivity index (χ2n) is 3.97. The summed E-state index contributed by atoms with van der Waals surface area (Å²) in [6.07, 6.45) is 2.67. The van der Waals surface area contributed by atoms with Crippen molar-refractivity contribution in [1.82, 2.24) is 4.90 Å². The van der Waals surface area contributed by atoms with Crippen LogP contribution in [0, 0.1) is 6.92 Å². The molecule has 80 valence electrons. The predicted molar refractivity (Wildman–Crippen MR) is 61.0 cm³/mol. The van der Waals surface area contributed by atoms with E-state index in [1.54, 1.807) is 0 Å². The highest BCUT2D eigenvalue weighted by atomic mass is 16.5. The Balaban J connectivity index is 1.71. The van der Waals surface area contributed by atoms with Crippen molar-refractivity contribution in [3.05, 3.63) is 36.8 Å². The van der Waals surface area contributed by atoms with Gasteiger partial charge in [0, 0.05) is 6.54 Å². The van der Waals surface area contributed by atoms with Gasteiger partial charge in [-0.1, -0.05) is 12.1 Å². The van der Waals surface area contributed by atoms with Crippen molar-refractivity contribution in [3.8, 4) is 5.75 Å². The van der Waals surface area contributed by atoms with E-state index in [0.29, 0.717) is 0 Å². The lowest BCUT2D eigenvalue weighted by Crippen LogP contribution is -2.25. The lowest BCUT2D eigenvalue weighted by Gasteiger charge is -2.14. The Morgan fingerprint density at radius 2 is 1.80 bits per heavy atom. The van der Waals surface area contributed by atoms with E-state index < -0.39 is 0 Å². The molecule has 0 bridgehead atoms. The summed E-state index contributed by atoms with van der Waals surface area (Å²) >= 11 is 0. The lowest BCUT2D eigenvalue weighted by atomic mass is 10.2. The monoisotopic (exact) mass is 203 g/mol. The van der Waals surface area contributed by atoms with Crippen LogP contribution in [0.15, 0.2) is 24.3 Å². The first kappa shape index (κ1) is 10.5. The van der Waals surface area contributed by atoms with Crippen molar-refractivity contribution in [2.45, 2.75) is 12.8 Å². The van der Waals surface area contributed by atoms with Crippen LogP contribution in [0.2, 0.25) is 0 Å². The molecule has 1 heterocycles. The normalized spacial score (nSPS) is 16.9. The maximum Gasteiger partial charge on any atom is 0.119 e. The van der Waals surface area contributed by atoms with Gasteiger partial charge in [0.05, 0.1) is 0 Å². The Morgan fingerprint density at radius 1 is 1.13 bits per heavy atom. The second-order valence-corrected chi connectivity index (χ2v) is 3.97. The molecule has 0 aliphatic carbocycles. The zero-order valence-electron chi connectivity index (χ0n) is 8.98. The molecule has 1 fully saturated rings. The third-order valence-electron chi connectivity index (χ3n) is 2.76. The van der Waals surface area contributed by atoms with E-state index in [2.05, 4.69) is 4.90 Å². The maximum absolute atomic E-state index is 5.63. The van der Waals surface area contributed by atoms with Crippen LogP contribution in [0.3, 0.4) is 0 Å². The molecule has 1 aromatic rings. The first-order valence-corrected chi connectivity index (χ1v) is 5.55. The zero-order chi connectivity index (χ0) is 10.5. The average molecular weight is 203 g/mol. The SMILES string of the molecule is [CH]c1ccc(OCCN2CCCC2)cc1. The van der Waals surface area contributed by atoms with Crippen LogP contribution in [0.25, 0.3) is 0 Å². The largest absolute Gasteiger partial charge is 0.492 e. The van der Waals surface area contributed by atoms with Crippen molar-refractivity contribution in [1.29, 1.82) is 0 Å². The number of nitrogens with zero attached hydrogens (tertiary/aromatic N) is 1. The quantitative estimate of drug-likeness (QED) is 0.744. The first-order valence-electron chi connectivity index (χ1n) is 5.55. The fourth-order valence-corrected chi connectivity index (χ4v) is 1.86. The van der Waals surface area contributed by atoms with Crippen LogP contribution in [0.4, 0.5) is 0 Å². The molecule has 2 nitrogen and oxygen atoms in total. The standard InChI is InChI=1S/C13H17NO/c1-12-4-6-13(7-5-12)15-11-10-14-8-2-3-9-14/h1,4-7H,2-3,8-11H2. The van der Waals surface area contributed by atoms with E-state index in [1.165, 1.54) is 25.9 Å². The smallest absolute Gasteiger partial charge is 0.119 e. The molecule has 0 spiro atoms. The molecule has 1 aliphatic rings. The lowest BCUT2D eigenvalue weighted by molar-refractivity contribution is 0.238. The minimum absolute atomic E-state index is 0.768. The molecule has 1 aliphatic heterocycles. The van der Waals surface area contributed by atoms with Gasteiger partial charge < -0.3 is 4.74 Å². The van der Waals surface area contributed by atoms with E-state index in [-0.39, 0.29) is 0 Å².